The van der Waals surface area contributed by atoms with Crippen LogP contribution in [-0.4, -0.2) is 46.8 Å². The van der Waals surface area contributed by atoms with Gasteiger partial charge in [-0.25, -0.2) is 0 Å². The largest absolute Gasteiger partial charge is 0.496 e. The number of carbonyl (C=O) groups is 2. The molecule has 0 saturated carbocycles. The van der Waals surface area contributed by atoms with E-state index in [9.17, 15) is 9.59 Å². The van der Waals surface area contributed by atoms with Crippen LogP contribution in [0.15, 0.2) is 34.8 Å². The van der Waals surface area contributed by atoms with E-state index in [-0.39, 0.29) is 24.1 Å². The average Bonchev–Trinajstić information content (AvgIpc) is 2.75. The van der Waals surface area contributed by atoms with Crippen molar-refractivity contribution >= 4 is 27.7 Å². The number of rotatable bonds is 9. The van der Waals surface area contributed by atoms with Crippen molar-refractivity contribution in [2.45, 2.75) is 13.0 Å². The average molecular weight is 481 g/mol. The Morgan fingerprint density at radius 1 is 0.933 bits per heavy atom. The summed E-state index contributed by atoms with van der Waals surface area (Å²) in [5.41, 5.74) is 1.18. The minimum Gasteiger partial charge on any atom is -0.496 e. The summed E-state index contributed by atoms with van der Waals surface area (Å²) in [6.45, 7) is 1.67. The van der Waals surface area contributed by atoms with Crippen molar-refractivity contribution < 1.29 is 28.5 Å². The Morgan fingerprint density at radius 2 is 1.53 bits per heavy atom. The molecular formula is C21H25BrN2O6. The molecule has 9 heteroatoms. The number of carbonyl (C=O) groups excluding carboxylic acids is 2. The number of ether oxygens (including phenoxy) is 4. The van der Waals surface area contributed by atoms with E-state index in [1.165, 1.54) is 33.5 Å². The standard InChI is InChI=1S/C21H25BrN2O6/c1-12(13-6-7-16(27-2)15(22)8-13)24-19(25)11-23-21(26)14-9-17(28-3)20(30-5)18(10-14)29-4/h6-10,12H,11H2,1-5H3,(H,23,26)(H,24,25). The van der Waals surface area contributed by atoms with Gasteiger partial charge in [-0.1, -0.05) is 6.07 Å². The molecule has 1 unspecified atom stereocenters. The number of halogens is 1. The molecule has 0 aliphatic heterocycles. The van der Waals surface area contributed by atoms with Crippen LogP contribution in [0, 0.1) is 0 Å². The van der Waals surface area contributed by atoms with Gasteiger partial charge in [-0.05, 0) is 52.7 Å². The lowest BCUT2D eigenvalue weighted by Crippen LogP contribution is -2.38. The molecule has 2 rings (SSSR count). The van der Waals surface area contributed by atoms with Gasteiger partial charge in [-0.15, -0.1) is 0 Å². The van der Waals surface area contributed by atoms with Gasteiger partial charge in [0.25, 0.3) is 5.91 Å². The Bertz CT molecular complexity index is 893. The highest BCUT2D eigenvalue weighted by molar-refractivity contribution is 9.10. The molecule has 162 valence electrons. The third-order valence-corrected chi connectivity index (χ3v) is 5.01. The molecule has 0 bridgehead atoms. The summed E-state index contributed by atoms with van der Waals surface area (Å²) in [5.74, 6) is 1.03. The van der Waals surface area contributed by atoms with E-state index in [4.69, 9.17) is 18.9 Å². The molecule has 2 aromatic carbocycles. The lowest BCUT2D eigenvalue weighted by Gasteiger charge is -2.16. The predicted molar refractivity (Wildman–Crippen MR) is 116 cm³/mol. The zero-order valence-electron chi connectivity index (χ0n) is 17.5. The molecular weight excluding hydrogens is 456 g/mol. The zero-order chi connectivity index (χ0) is 22.3. The van der Waals surface area contributed by atoms with Crippen molar-refractivity contribution in [3.05, 3.63) is 45.9 Å². The number of methoxy groups -OCH3 is 4. The smallest absolute Gasteiger partial charge is 0.251 e. The van der Waals surface area contributed by atoms with Crippen molar-refractivity contribution in [1.29, 1.82) is 0 Å². The highest BCUT2D eigenvalue weighted by atomic mass is 79.9. The molecule has 1 atom stereocenters. The summed E-state index contributed by atoms with van der Waals surface area (Å²) in [4.78, 5) is 24.8. The van der Waals surface area contributed by atoms with Gasteiger partial charge in [-0.3, -0.25) is 9.59 Å². The van der Waals surface area contributed by atoms with Crippen LogP contribution in [0.25, 0.3) is 0 Å². The maximum absolute atomic E-state index is 12.5. The number of hydrogen-bond acceptors (Lipinski definition) is 6. The Balaban J connectivity index is 2.00. The quantitative estimate of drug-likeness (QED) is 0.572. The summed E-state index contributed by atoms with van der Waals surface area (Å²) in [5, 5.41) is 5.44. The lowest BCUT2D eigenvalue weighted by molar-refractivity contribution is -0.120. The first-order valence-electron chi connectivity index (χ1n) is 9.05. The molecule has 8 nitrogen and oxygen atoms in total. The van der Waals surface area contributed by atoms with Crippen LogP contribution >= 0.6 is 15.9 Å². The van der Waals surface area contributed by atoms with E-state index < -0.39 is 5.91 Å². The molecule has 0 spiro atoms. The summed E-state index contributed by atoms with van der Waals surface area (Å²) < 4.78 is 21.7. The molecule has 0 heterocycles. The van der Waals surface area contributed by atoms with Gasteiger partial charge >= 0.3 is 0 Å². The van der Waals surface area contributed by atoms with Gasteiger partial charge in [0.05, 0.1) is 45.5 Å². The van der Waals surface area contributed by atoms with Gasteiger partial charge < -0.3 is 29.6 Å². The van der Waals surface area contributed by atoms with Crippen molar-refractivity contribution in [2.75, 3.05) is 35.0 Å². The van der Waals surface area contributed by atoms with E-state index in [0.717, 1.165) is 10.0 Å². The lowest BCUT2D eigenvalue weighted by atomic mass is 10.1. The predicted octanol–water partition coefficient (Wildman–Crippen LogP) is 3.09. The Morgan fingerprint density at radius 3 is 2.03 bits per heavy atom. The third kappa shape index (κ3) is 5.56. The first-order chi connectivity index (χ1) is 14.3. The maximum Gasteiger partial charge on any atom is 0.251 e. The van der Waals surface area contributed by atoms with E-state index in [1.54, 1.807) is 7.11 Å². The van der Waals surface area contributed by atoms with E-state index in [0.29, 0.717) is 23.0 Å². The van der Waals surface area contributed by atoms with E-state index in [1.807, 2.05) is 25.1 Å². The van der Waals surface area contributed by atoms with Crippen LogP contribution in [-0.2, 0) is 4.79 Å². The van der Waals surface area contributed by atoms with Crippen LogP contribution in [0.3, 0.4) is 0 Å². The molecule has 0 aromatic heterocycles. The zero-order valence-corrected chi connectivity index (χ0v) is 19.1. The molecule has 0 aliphatic rings. The van der Waals surface area contributed by atoms with Crippen molar-refractivity contribution in [2.24, 2.45) is 0 Å². The van der Waals surface area contributed by atoms with Crippen molar-refractivity contribution in [1.82, 2.24) is 10.6 Å². The fourth-order valence-corrected chi connectivity index (χ4v) is 3.36. The van der Waals surface area contributed by atoms with E-state index >= 15 is 0 Å². The molecule has 0 saturated heterocycles. The second-order valence-corrected chi connectivity index (χ2v) is 7.13. The van der Waals surface area contributed by atoms with Gasteiger partial charge in [-0.2, -0.15) is 0 Å². The van der Waals surface area contributed by atoms with Crippen LogP contribution in [0.5, 0.6) is 23.0 Å². The highest BCUT2D eigenvalue weighted by Gasteiger charge is 2.18. The molecule has 0 fully saturated rings. The first-order valence-corrected chi connectivity index (χ1v) is 9.84. The Labute approximate surface area is 184 Å². The van der Waals surface area contributed by atoms with Crippen molar-refractivity contribution in [3.8, 4) is 23.0 Å². The second kappa shape index (κ2) is 10.7. The number of benzene rings is 2. The number of hydrogen-bond donors (Lipinski definition) is 2. The van der Waals surface area contributed by atoms with E-state index in [2.05, 4.69) is 26.6 Å². The molecule has 2 amide bonds. The summed E-state index contributed by atoms with van der Waals surface area (Å²) >= 11 is 3.43. The fourth-order valence-electron chi connectivity index (χ4n) is 2.80. The van der Waals surface area contributed by atoms with Crippen LogP contribution in [0.2, 0.25) is 0 Å². The molecule has 2 aromatic rings. The van der Waals surface area contributed by atoms with Gasteiger partial charge in [0, 0.05) is 5.56 Å². The topological polar surface area (TPSA) is 95.1 Å². The minimum atomic E-state index is -0.441. The summed E-state index contributed by atoms with van der Waals surface area (Å²) in [6.07, 6.45) is 0. The highest BCUT2D eigenvalue weighted by Crippen LogP contribution is 2.38. The van der Waals surface area contributed by atoms with Crippen LogP contribution in [0.1, 0.15) is 28.9 Å². The van der Waals surface area contributed by atoms with Gasteiger partial charge in [0.1, 0.15) is 5.75 Å². The Hall–Kier alpha value is -2.94. The van der Waals surface area contributed by atoms with Gasteiger partial charge in [0.2, 0.25) is 11.7 Å². The normalized spacial score (nSPS) is 11.3. The van der Waals surface area contributed by atoms with Gasteiger partial charge in [0.15, 0.2) is 11.5 Å². The molecule has 2 N–H and O–H groups in total. The molecule has 0 aliphatic carbocycles. The molecule has 30 heavy (non-hydrogen) atoms. The van der Waals surface area contributed by atoms with Crippen LogP contribution < -0.4 is 29.6 Å². The monoisotopic (exact) mass is 480 g/mol. The van der Waals surface area contributed by atoms with Crippen LogP contribution in [0.4, 0.5) is 0 Å². The Kier molecular flexibility index (Phi) is 8.35. The number of nitrogens with one attached hydrogen (secondary N) is 2. The second-order valence-electron chi connectivity index (χ2n) is 6.28. The summed E-state index contributed by atoms with van der Waals surface area (Å²) in [6, 6.07) is 8.34. The first kappa shape index (κ1) is 23.3. The summed E-state index contributed by atoms with van der Waals surface area (Å²) in [7, 11) is 5.99. The minimum absolute atomic E-state index is 0.183. The maximum atomic E-state index is 12.5. The third-order valence-electron chi connectivity index (χ3n) is 4.39. The SMILES string of the molecule is COc1ccc(C(C)NC(=O)CNC(=O)c2cc(OC)c(OC)c(OC)c2)cc1Br. The fraction of sp³-hybridized carbons (Fsp3) is 0.333. The number of amides is 2. The van der Waals surface area contributed by atoms with Crippen molar-refractivity contribution in [3.63, 3.8) is 0 Å². The molecule has 0 radical (unpaired) electrons.